The minimum absolute atomic E-state index is 0.106. The van der Waals surface area contributed by atoms with Crippen LogP contribution in [0.1, 0.15) is 66.7 Å². The molecule has 19 heavy (non-hydrogen) atoms. The number of hydrogen-bond donors (Lipinski definition) is 0. The molecule has 0 aromatic rings. The molecule has 0 radical (unpaired) electrons. The first kappa shape index (κ1) is 18.2. The van der Waals surface area contributed by atoms with Crippen molar-refractivity contribution in [2.24, 2.45) is 5.92 Å². The molecule has 3 atom stereocenters. The molecule has 112 valence electrons. The molecule has 0 aromatic heterocycles. The summed E-state index contributed by atoms with van der Waals surface area (Å²) in [6, 6.07) is 0. The zero-order valence-electron chi connectivity index (χ0n) is 13.2. The third-order valence-electron chi connectivity index (χ3n) is 3.25. The second-order valence-electron chi connectivity index (χ2n) is 5.35. The molecule has 3 heteroatoms. The zero-order valence-corrected chi connectivity index (χ0v) is 13.2. The maximum absolute atomic E-state index is 11.4. The van der Waals surface area contributed by atoms with E-state index in [4.69, 9.17) is 9.47 Å². The third-order valence-corrected chi connectivity index (χ3v) is 3.25. The molecule has 0 bridgehead atoms. The summed E-state index contributed by atoms with van der Waals surface area (Å²) in [5.41, 5.74) is 0.400. The summed E-state index contributed by atoms with van der Waals surface area (Å²) in [6.07, 6.45) is 5.54. The van der Waals surface area contributed by atoms with E-state index in [2.05, 4.69) is 20.4 Å². The highest BCUT2D eigenvalue weighted by Crippen LogP contribution is 2.20. The Bertz CT molecular complexity index is 273. The highest BCUT2D eigenvalue weighted by molar-refractivity contribution is 5.86. The van der Waals surface area contributed by atoms with E-state index in [9.17, 15) is 4.79 Å². The van der Waals surface area contributed by atoms with E-state index >= 15 is 0 Å². The number of hydrogen-bond acceptors (Lipinski definition) is 3. The van der Waals surface area contributed by atoms with Gasteiger partial charge in [-0.3, -0.25) is 0 Å². The molecule has 0 N–H and O–H groups in total. The highest BCUT2D eigenvalue weighted by Gasteiger charge is 2.16. The Morgan fingerprint density at radius 1 is 1.26 bits per heavy atom. The van der Waals surface area contributed by atoms with Gasteiger partial charge in [0.1, 0.15) is 0 Å². The Balaban J connectivity index is 4.03. The Morgan fingerprint density at radius 3 is 2.37 bits per heavy atom. The summed E-state index contributed by atoms with van der Waals surface area (Å²) in [5, 5.41) is 0. The Kier molecular flexibility index (Phi) is 9.58. The summed E-state index contributed by atoms with van der Waals surface area (Å²) in [6.45, 7) is 13.4. The lowest BCUT2D eigenvalue weighted by atomic mass is 9.93. The molecular formula is C16H30O3. The molecule has 3 nitrogen and oxygen atoms in total. The summed E-state index contributed by atoms with van der Waals surface area (Å²) >= 11 is 0. The van der Waals surface area contributed by atoms with Crippen molar-refractivity contribution in [3.63, 3.8) is 0 Å². The van der Waals surface area contributed by atoms with Gasteiger partial charge in [-0.05, 0) is 33.1 Å². The van der Waals surface area contributed by atoms with Crippen LogP contribution in [0.3, 0.4) is 0 Å². The number of carbonyl (C=O) groups is 1. The maximum atomic E-state index is 11.4. The van der Waals surface area contributed by atoms with Crippen LogP contribution in [0.5, 0.6) is 0 Å². The summed E-state index contributed by atoms with van der Waals surface area (Å²) < 4.78 is 10.8. The van der Waals surface area contributed by atoms with Gasteiger partial charge >= 0.3 is 5.97 Å². The minimum Gasteiger partial charge on any atom is -0.433 e. The van der Waals surface area contributed by atoms with Gasteiger partial charge in [0, 0.05) is 5.57 Å². The summed E-state index contributed by atoms with van der Waals surface area (Å²) in [7, 11) is 0. The SMILES string of the molecule is C=C(C)C(=O)OC(C)OC(C)CC(CC)CCCC. The lowest BCUT2D eigenvalue weighted by Gasteiger charge is -2.23. The van der Waals surface area contributed by atoms with Crippen LogP contribution in [-0.2, 0) is 14.3 Å². The summed E-state index contributed by atoms with van der Waals surface area (Å²) in [5.74, 6) is 0.303. The second-order valence-corrected chi connectivity index (χ2v) is 5.35. The zero-order chi connectivity index (χ0) is 14.8. The molecule has 0 spiro atoms. The average molecular weight is 270 g/mol. The van der Waals surface area contributed by atoms with Crippen molar-refractivity contribution in [3.8, 4) is 0 Å². The molecule has 0 fully saturated rings. The van der Waals surface area contributed by atoms with Crippen LogP contribution in [0.2, 0.25) is 0 Å². The van der Waals surface area contributed by atoms with Crippen molar-refractivity contribution >= 4 is 5.97 Å². The van der Waals surface area contributed by atoms with Crippen molar-refractivity contribution < 1.29 is 14.3 Å². The van der Waals surface area contributed by atoms with Crippen molar-refractivity contribution in [3.05, 3.63) is 12.2 Å². The van der Waals surface area contributed by atoms with Gasteiger partial charge in [0.15, 0.2) is 0 Å². The first-order valence-electron chi connectivity index (χ1n) is 7.42. The van der Waals surface area contributed by atoms with Gasteiger partial charge in [-0.15, -0.1) is 0 Å². The number of carbonyl (C=O) groups excluding carboxylic acids is 1. The van der Waals surface area contributed by atoms with E-state index < -0.39 is 12.3 Å². The molecule has 0 saturated heterocycles. The van der Waals surface area contributed by atoms with Crippen LogP contribution in [-0.4, -0.2) is 18.4 Å². The van der Waals surface area contributed by atoms with Gasteiger partial charge in [0.2, 0.25) is 6.29 Å². The van der Waals surface area contributed by atoms with Crippen LogP contribution >= 0.6 is 0 Å². The largest absolute Gasteiger partial charge is 0.433 e. The average Bonchev–Trinajstić information content (AvgIpc) is 2.33. The van der Waals surface area contributed by atoms with E-state index in [0.29, 0.717) is 11.5 Å². The van der Waals surface area contributed by atoms with E-state index in [1.807, 2.05) is 6.92 Å². The van der Waals surface area contributed by atoms with Gasteiger partial charge in [-0.2, -0.15) is 0 Å². The van der Waals surface area contributed by atoms with Crippen LogP contribution in [0, 0.1) is 5.92 Å². The van der Waals surface area contributed by atoms with Crippen molar-refractivity contribution in [1.82, 2.24) is 0 Å². The number of rotatable bonds is 10. The molecule has 0 aliphatic heterocycles. The highest BCUT2D eigenvalue weighted by atomic mass is 16.7. The first-order chi connectivity index (χ1) is 8.90. The van der Waals surface area contributed by atoms with Gasteiger partial charge in [0.25, 0.3) is 0 Å². The minimum atomic E-state index is -0.511. The standard InChI is InChI=1S/C16H30O3/c1-7-9-10-15(8-2)11-13(5)18-14(6)19-16(17)12(3)4/h13-15H,3,7-11H2,1-2,4-6H3. The number of ether oxygens (including phenoxy) is 2. The molecule has 0 aliphatic rings. The number of esters is 1. The van der Waals surface area contributed by atoms with E-state index in [1.54, 1.807) is 13.8 Å². The monoisotopic (exact) mass is 270 g/mol. The molecule has 0 aliphatic carbocycles. The van der Waals surface area contributed by atoms with Gasteiger partial charge in [-0.25, -0.2) is 4.79 Å². The molecular weight excluding hydrogens is 240 g/mol. The fourth-order valence-corrected chi connectivity index (χ4v) is 2.11. The predicted octanol–water partition coefficient (Wildman–Crippen LogP) is 4.46. The molecule has 0 heterocycles. The van der Waals surface area contributed by atoms with Crippen molar-refractivity contribution in [1.29, 1.82) is 0 Å². The van der Waals surface area contributed by atoms with Crippen molar-refractivity contribution in [2.45, 2.75) is 79.1 Å². The van der Waals surface area contributed by atoms with E-state index in [-0.39, 0.29) is 6.10 Å². The normalized spacial score (nSPS) is 15.6. The Hall–Kier alpha value is -0.830. The fourth-order valence-electron chi connectivity index (χ4n) is 2.11. The first-order valence-corrected chi connectivity index (χ1v) is 7.42. The van der Waals surface area contributed by atoms with Crippen LogP contribution in [0.4, 0.5) is 0 Å². The van der Waals surface area contributed by atoms with Gasteiger partial charge in [-0.1, -0.05) is 46.1 Å². The van der Waals surface area contributed by atoms with Gasteiger partial charge in [0.05, 0.1) is 6.10 Å². The second kappa shape index (κ2) is 10.0. The third kappa shape index (κ3) is 8.82. The van der Waals surface area contributed by atoms with Gasteiger partial charge < -0.3 is 9.47 Å². The predicted molar refractivity (Wildman–Crippen MR) is 78.8 cm³/mol. The Labute approximate surface area is 118 Å². The molecule has 3 unspecified atom stereocenters. The maximum Gasteiger partial charge on any atom is 0.335 e. The van der Waals surface area contributed by atoms with E-state index in [0.717, 1.165) is 6.42 Å². The number of unbranched alkanes of at least 4 members (excludes halogenated alkanes) is 1. The van der Waals surface area contributed by atoms with Crippen LogP contribution < -0.4 is 0 Å². The topological polar surface area (TPSA) is 35.5 Å². The van der Waals surface area contributed by atoms with Crippen LogP contribution in [0.15, 0.2) is 12.2 Å². The van der Waals surface area contributed by atoms with E-state index in [1.165, 1.54) is 25.7 Å². The van der Waals surface area contributed by atoms with Crippen LogP contribution in [0.25, 0.3) is 0 Å². The smallest absolute Gasteiger partial charge is 0.335 e. The molecule has 0 amide bonds. The Morgan fingerprint density at radius 2 is 1.89 bits per heavy atom. The fraction of sp³-hybridized carbons (Fsp3) is 0.812. The van der Waals surface area contributed by atoms with Crippen molar-refractivity contribution in [2.75, 3.05) is 0 Å². The molecule has 0 rings (SSSR count). The lowest BCUT2D eigenvalue weighted by Crippen LogP contribution is -2.24. The molecule has 0 saturated carbocycles. The lowest BCUT2D eigenvalue weighted by molar-refractivity contribution is -0.180. The quantitative estimate of drug-likeness (QED) is 0.334. The molecule has 0 aromatic carbocycles. The summed E-state index contributed by atoms with van der Waals surface area (Å²) in [4.78, 5) is 11.4.